The second kappa shape index (κ2) is 4.79. The van der Waals surface area contributed by atoms with E-state index in [0.717, 1.165) is 11.5 Å². The predicted octanol–water partition coefficient (Wildman–Crippen LogP) is 1.62. The number of imide groups is 1. The largest absolute Gasteiger partial charge is 0.398 e. The van der Waals surface area contributed by atoms with Crippen molar-refractivity contribution < 1.29 is 9.59 Å². The minimum atomic E-state index is -0.264. The van der Waals surface area contributed by atoms with Crippen LogP contribution in [0.3, 0.4) is 0 Å². The number of hydrogen-bond donors (Lipinski definition) is 1. The highest BCUT2D eigenvalue weighted by Gasteiger charge is 2.36. The van der Waals surface area contributed by atoms with Crippen molar-refractivity contribution in [1.82, 2.24) is 4.90 Å². The Bertz CT molecular complexity index is 474. The summed E-state index contributed by atoms with van der Waals surface area (Å²) in [5.41, 5.74) is 6.91. The van der Waals surface area contributed by atoms with Crippen LogP contribution in [0.25, 0.3) is 0 Å². The second-order valence-corrected chi connectivity index (χ2v) is 5.12. The monoisotopic (exact) mass is 250 g/mol. The molecule has 0 aromatic heterocycles. The molecule has 2 rings (SSSR count). The fraction of sp³-hybridized carbons (Fsp3) is 0.333. The molecular weight excluding hydrogens is 236 g/mol. The third kappa shape index (κ3) is 2.02. The van der Waals surface area contributed by atoms with Crippen LogP contribution in [0.15, 0.2) is 18.2 Å². The topological polar surface area (TPSA) is 63.4 Å². The number of nitrogens with zero attached hydrogens (tertiary/aromatic N) is 1. The number of carbonyl (C=O) groups is 2. The Hall–Kier alpha value is -1.49. The van der Waals surface area contributed by atoms with Crippen molar-refractivity contribution >= 4 is 29.3 Å². The maximum absolute atomic E-state index is 12.0. The molecule has 1 aliphatic heterocycles. The Morgan fingerprint density at radius 2 is 2.06 bits per heavy atom. The Kier molecular flexibility index (Phi) is 3.38. The number of nitrogens with two attached hydrogens (primary N) is 1. The number of thioether (sulfide) groups is 1. The first-order valence-electron chi connectivity index (χ1n) is 5.49. The summed E-state index contributed by atoms with van der Waals surface area (Å²) >= 11 is 1.70. The number of carbonyl (C=O) groups excluding carboxylic acids is 2. The summed E-state index contributed by atoms with van der Waals surface area (Å²) in [6.07, 6.45) is 0. The van der Waals surface area contributed by atoms with Gasteiger partial charge in [0, 0.05) is 18.0 Å². The molecule has 4 nitrogen and oxygen atoms in total. The van der Waals surface area contributed by atoms with Crippen LogP contribution in [0.2, 0.25) is 0 Å². The summed E-state index contributed by atoms with van der Waals surface area (Å²) in [5.74, 6) is 1.25. The van der Waals surface area contributed by atoms with Gasteiger partial charge in [0.2, 0.25) is 0 Å². The first-order valence-corrected chi connectivity index (χ1v) is 6.64. The van der Waals surface area contributed by atoms with Crippen molar-refractivity contribution in [2.75, 3.05) is 23.8 Å². The van der Waals surface area contributed by atoms with Gasteiger partial charge in [0.05, 0.1) is 11.1 Å². The number of nitrogen functional groups attached to an aromatic ring is 1. The summed E-state index contributed by atoms with van der Waals surface area (Å²) in [5, 5.41) is 0. The molecular formula is C12H14N2O2S. The molecule has 1 aromatic rings. The molecule has 90 valence electrons. The average Bonchev–Trinajstić information content (AvgIpc) is 2.55. The highest BCUT2D eigenvalue weighted by Crippen LogP contribution is 2.27. The van der Waals surface area contributed by atoms with Crippen molar-refractivity contribution in [2.24, 2.45) is 0 Å². The van der Waals surface area contributed by atoms with Gasteiger partial charge in [-0.3, -0.25) is 14.5 Å². The summed E-state index contributed by atoms with van der Waals surface area (Å²) in [6.45, 7) is 2.50. The molecule has 0 radical (unpaired) electrons. The fourth-order valence-corrected chi connectivity index (χ4v) is 2.46. The van der Waals surface area contributed by atoms with Gasteiger partial charge in [-0.2, -0.15) is 11.8 Å². The smallest absolute Gasteiger partial charge is 0.263 e. The van der Waals surface area contributed by atoms with E-state index in [9.17, 15) is 9.59 Å². The lowest BCUT2D eigenvalue weighted by Crippen LogP contribution is -2.32. The van der Waals surface area contributed by atoms with Gasteiger partial charge in [-0.25, -0.2) is 0 Å². The van der Waals surface area contributed by atoms with Crippen LogP contribution >= 0.6 is 11.8 Å². The Morgan fingerprint density at radius 1 is 1.29 bits per heavy atom. The van der Waals surface area contributed by atoms with Crippen LogP contribution in [0.5, 0.6) is 0 Å². The highest BCUT2D eigenvalue weighted by atomic mass is 32.2. The molecule has 1 aliphatic rings. The Morgan fingerprint density at radius 3 is 2.71 bits per heavy atom. The van der Waals surface area contributed by atoms with Gasteiger partial charge >= 0.3 is 0 Å². The van der Waals surface area contributed by atoms with E-state index in [-0.39, 0.29) is 11.8 Å². The van der Waals surface area contributed by atoms with Gasteiger partial charge in [0.15, 0.2) is 0 Å². The lowest BCUT2D eigenvalue weighted by atomic mass is 10.1. The normalized spacial score (nSPS) is 14.3. The number of fused-ring (bicyclic) bond motifs is 1. The van der Waals surface area contributed by atoms with E-state index < -0.39 is 0 Å². The van der Waals surface area contributed by atoms with E-state index >= 15 is 0 Å². The molecule has 1 aromatic carbocycles. The van der Waals surface area contributed by atoms with Crippen LogP contribution < -0.4 is 5.73 Å². The number of anilines is 1. The van der Waals surface area contributed by atoms with Crippen molar-refractivity contribution in [3.8, 4) is 0 Å². The minimum Gasteiger partial charge on any atom is -0.398 e. The van der Waals surface area contributed by atoms with Crippen molar-refractivity contribution in [2.45, 2.75) is 6.92 Å². The zero-order valence-corrected chi connectivity index (χ0v) is 10.4. The lowest BCUT2D eigenvalue weighted by Gasteiger charge is -2.12. The molecule has 0 fully saturated rings. The lowest BCUT2D eigenvalue weighted by molar-refractivity contribution is 0.0665. The molecule has 0 saturated heterocycles. The van der Waals surface area contributed by atoms with Crippen molar-refractivity contribution in [3.63, 3.8) is 0 Å². The average molecular weight is 250 g/mol. The predicted molar refractivity (Wildman–Crippen MR) is 69.2 cm³/mol. The third-order valence-corrected chi connectivity index (χ3v) is 3.57. The van der Waals surface area contributed by atoms with Gasteiger partial charge in [0.1, 0.15) is 0 Å². The molecule has 17 heavy (non-hydrogen) atoms. The van der Waals surface area contributed by atoms with Gasteiger partial charge in [-0.1, -0.05) is 13.0 Å². The molecule has 0 unspecified atom stereocenters. The van der Waals surface area contributed by atoms with Gasteiger partial charge in [0.25, 0.3) is 11.8 Å². The molecule has 5 heteroatoms. The van der Waals surface area contributed by atoms with Crippen LogP contribution in [0, 0.1) is 0 Å². The quantitative estimate of drug-likeness (QED) is 0.501. The van der Waals surface area contributed by atoms with Crippen molar-refractivity contribution in [3.05, 3.63) is 29.3 Å². The molecule has 2 amide bonds. The fourth-order valence-electron chi connectivity index (χ4n) is 1.86. The van der Waals surface area contributed by atoms with Gasteiger partial charge in [-0.15, -0.1) is 0 Å². The van der Waals surface area contributed by atoms with E-state index in [2.05, 4.69) is 0 Å². The molecule has 0 atom stereocenters. The van der Waals surface area contributed by atoms with E-state index in [1.165, 1.54) is 4.90 Å². The van der Waals surface area contributed by atoms with Crippen LogP contribution in [0.1, 0.15) is 27.6 Å². The molecule has 2 N–H and O–H groups in total. The minimum absolute atomic E-state index is 0.228. The Labute approximate surface area is 104 Å². The molecule has 0 bridgehead atoms. The first-order chi connectivity index (χ1) is 8.16. The molecule has 0 saturated carbocycles. The van der Waals surface area contributed by atoms with Crippen LogP contribution in [0.4, 0.5) is 5.69 Å². The van der Waals surface area contributed by atoms with Crippen LogP contribution in [-0.2, 0) is 0 Å². The SMILES string of the molecule is CCSCCN1C(=O)c2cccc(N)c2C1=O. The maximum Gasteiger partial charge on any atom is 0.263 e. The summed E-state index contributed by atoms with van der Waals surface area (Å²) in [6, 6.07) is 5.00. The van der Waals surface area contributed by atoms with Gasteiger partial charge in [-0.05, 0) is 17.9 Å². The maximum atomic E-state index is 12.0. The molecule has 0 spiro atoms. The summed E-state index contributed by atoms with van der Waals surface area (Å²) < 4.78 is 0. The zero-order valence-electron chi connectivity index (χ0n) is 9.60. The van der Waals surface area contributed by atoms with E-state index in [0.29, 0.717) is 23.4 Å². The van der Waals surface area contributed by atoms with E-state index in [1.54, 1.807) is 30.0 Å². The highest BCUT2D eigenvalue weighted by molar-refractivity contribution is 7.99. The van der Waals surface area contributed by atoms with E-state index in [4.69, 9.17) is 5.73 Å². The molecule has 0 aliphatic carbocycles. The van der Waals surface area contributed by atoms with Gasteiger partial charge < -0.3 is 5.73 Å². The summed E-state index contributed by atoms with van der Waals surface area (Å²) in [7, 11) is 0. The zero-order chi connectivity index (χ0) is 12.4. The number of rotatable bonds is 4. The third-order valence-electron chi connectivity index (χ3n) is 2.69. The number of benzene rings is 1. The number of hydrogen-bond acceptors (Lipinski definition) is 4. The first kappa shape index (κ1) is 12.0. The van der Waals surface area contributed by atoms with E-state index in [1.807, 2.05) is 6.92 Å². The standard InChI is InChI=1S/C12H14N2O2S/c1-2-17-7-6-14-11(15)8-4-3-5-9(13)10(8)12(14)16/h3-5H,2,6-7,13H2,1H3. The summed E-state index contributed by atoms with van der Waals surface area (Å²) in [4.78, 5) is 25.3. The van der Waals surface area contributed by atoms with Crippen LogP contribution in [-0.4, -0.2) is 34.8 Å². The van der Waals surface area contributed by atoms with Crippen molar-refractivity contribution in [1.29, 1.82) is 0 Å². The Balaban J connectivity index is 2.24. The second-order valence-electron chi connectivity index (χ2n) is 3.73. The number of amides is 2. The molecule has 1 heterocycles.